The average Bonchev–Trinajstić information content (AvgIpc) is 2.83. The Balaban J connectivity index is 2.29. The molecule has 1 amide bonds. The van der Waals surface area contributed by atoms with Gasteiger partial charge in [0.05, 0.1) is 5.69 Å². The summed E-state index contributed by atoms with van der Waals surface area (Å²) in [6, 6.07) is 4.67. The van der Waals surface area contributed by atoms with Crippen molar-refractivity contribution in [3.05, 3.63) is 41.2 Å². The maximum absolute atomic E-state index is 12.6. The van der Waals surface area contributed by atoms with E-state index < -0.39 is 24.4 Å². The smallest absolute Gasteiger partial charge is 0.433 e. The summed E-state index contributed by atoms with van der Waals surface area (Å²) in [5.41, 5.74) is -1.11. The summed E-state index contributed by atoms with van der Waals surface area (Å²) < 4.78 is 67.7. The van der Waals surface area contributed by atoms with Crippen LogP contribution in [0.25, 0.3) is 0 Å². The van der Waals surface area contributed by atoms with Gasteiger partial charge in [-0.15, -0.1) is 0 Å². The van der Waals surface area contributed by atoms with Crippen molar-refractivity contribution in [2.24, 2.45) is 7.05 Å². The summed E-state index contributed by atoms with van der Waals surface area (Å²) in [5, 5.41) is 5.45. The molecule has 0 unspecified atom stereocenters. The molecule has 0 radical (unpaired) electrons. The number of nitrogens with zero attached hydrogens (tertiary/aromatic N) is 2. The molecule has 1 heterocycles. The highest BCUT2D eigenvalue weighted by Crippen LogP contribution is 2.30. The number of aromatic nitrogens is 2. The fourth-order valence-corrected chi connectivity index (χ4v) is 1.93. The SMILES string of the molecule is Cc1ccc(NC(=O)c2cc(C(F)(F)F)nn2C)c(OC(F)F)c1. The van der Waals surface area contributed by atoms with Gasteiger partial charge in [-0.05, 0) is 24.6 Å². The summed E-state index contributed by atoms with van der Waals surface area (Å²) in [7, 11) is 1.16. The van der Waals surface area contributed by atoms with Crippen molar-refractivity contribution in [1.29, 1.82) is 0 Å². The number of ether oxygens (including phenoxy) is 1. The molecule has 1 aromatic heterocycles. The molecule has 0 saturated heterocycles. The number of carbonyl (C=O) groups excluding carboxylic acids is 1. The molecule has 0 aliphatic carbocycles. The maximum Gasteiger partial charge on any atom is 0.435 e. The number of nitrogens with one attached hydrogen (secondary N) is 1. The maximum atomic E-state index is 12.6. The van der Waals surface area contributed by atoms with Crippen LogP contribution in [0.4, 0.5) is 27.6 Å². The van der Waals surface area contributed by atoms with Crippen LogP contribution in [-0.4, -0.2) is 22.3 Å². The van der Waals surface area contributed by atoms with Crippen molar-refractivity contribution in [3.63, 3.8) is 0 Å². The van der Waals surface area contributed by atoms with Crippen LogP contribution in [0.3, 0.4) is 0 Å². The zero-order chi connectivity index (χ0) is 18.1. The predicted octanol–water partition coefficient (Wildman–Crippen LogP) is 3.60. The molecule has 5 nitrogen and oxygen atoms in total. The molecule has 0 atom stereocenters. The van der Waals surface area contributed by atoms with E-state index in [2.05, 4.69) is 15.2 Å². The van der Waals surface area contributed by atoms with Gasteiger partial charge in [-0.25, -0.2) is 0 Å². The number of alkyl halides is 5. The van der Waals surface area contributed by atoms with Gasteiger partial charge >= 0.3 is 12.8 Å². The first-order valence-corrected chi connectivity index (χ1v) is 6.56. The van der Waals surface area contributed by atoms with E-state index in [4.69, 9.17) is 0 Å². The monoisotopic (exact) mass is 349 g/mol. The van der Waals surface area contributed by atoms with Crippen molar-refractivity contribution < 1.29 is 31.5 Å². The van der Waals surface area contributed by atoms with Gasteiger partial charge < -0.3 is 10.1 Å². The van der Waals surface area contributed by atoms with Crippen LogP contribution in [0.5, 0.6) is 5.75 Å². The third kappa shape index (κ3) is 4.00. The lowest BCUT2D eigenvalue weighted by molar-refractivity contribution is -0.141. The van der Waals surface area contributed by atoms with Gasteiger partial charge in [0.15, 0.2) is 5.69 Å². The first-order chi connectivity index (χ1) is 11.1. The zero-order valence-corrected chi connectivity index (χ0v) is 12.5. The summed E-state index contributed by atoms with van der Waals surface area (Å²) in [6.07, 6.45) is -4.70. The average molecular weight is 349 g/mol. The van der Waals surface area contributed by atoms with Crippen molar-refractivity contribution in [2.45, 2.75) is 19.7 Å². The molecule has 0 spiro atoms. The quantitative estimate of drug-likeness (QED) is 0.858. The Morgan fingerprint density at radius 1 is 1.29 bits per heavy atom. The molecule has 130 valence electrons. The third-order valence-electron chi connectivity index (χ3n) is 3.00. The minimum Gasteiger partial charge on any atom is -0.433 e. The van der Waals surface area contributed by atoms with Gasteiger partial charge in [-0.3, -0.25) is 9.48 Å². The summed E-state index contributed by atoms with van der Waals surface area (Å²) in [5.74, 6) is -1.24. The van der Waals surface area contributed by atoms with Crippen LogP contribution < -0.4 is 10.1 Å². The van der Waals surface area contributed by atoms with E-state index in [-0.39, 0.29) is 17.1 Å². The first-order valence-electron chi connectivity index (χ1n) is 6.56. The third-order valence-corrected chi connectivity index (χ3v) is 3.00. The molecule has 0 aliphatic rings. The molecule has 0 saturated carbocycles. The van der Waals surface area contributed by atoms with E-state index in [0.29, 0.717) is 11.6 Å². The second kappa shape index (κ2) is 6.46. The molecular weight excluding hydrogens is 337 g/mol. The summed E-state index contributed by atoms with van der Waals surface area (Å²) in [6.45, 7) is -1.49. The van der Waals surface area contributed by atoms with E-state index >= 15 is 0 Å². The van der Waals surface area contributed by atoms with Crippen LogP contribution in [0.1, 0.15) is 21.7 Å². The Bertz CT molecular complexity index is 755. The van der Waals surface area contributed by atoms with Crippen LogP contribution in [-0.2, 0) is 13.2 Å². The lowest BCUT2D eigenvalue weighted by Crippen LogP contribution is -2.17. The van der Waals surface area contributed by atoms with Gasteiger partial charge in [-0.1, -0.05) is 6.07 Å². The molecule has 2 aromatic rings. The standard InChI is InChI=1S/C14H12F5N3O2/c1-7-3-4-8(10(5-7)24-13(15)16)20-12(23)9-6-11(14(17,18)19)21-22(9)2/h3-6,13H,1-2H3,(H,20,23). The van der Waals surface area contributed by atoms with Gasteiger partial charge in [0, 0.05) is 13.1 Å². The molecule has 10 heteroatoms. The number of halogens is 5. The van der Waals surface area contributed by atoms with E-state index in [1.807, 2.05) is 0 Å². The van der Waals surface area contributed by atoms with E-state index in [0.717, 1.165) is 11.7 Å². The summed E-state index contributed by atoms with van der Waals surface area (Å²) in [4.78, 5) is 12.1. The van der Waals surface area contributed by atoms with E-state index in [9.17, 15) is 26.7 Å². The lowest BCUT2D eigenvalue weighted by atomic mass is 10.2. The Kier molecular flexibility index (Phi) is 4.76. The molecule has 2 rings (SSSR count). The number of benzene rings is 1. The fourth-order valence-electron chi connectivity index (χ4n) is 1.93. The number of hydrogen-bond donors (Lipinski definition) is 1. The molecule has 0 bridgehead atoms. The van der Waals surface area contributed by atoms with Crippen molar-refractivity contribution in [1.82, 2.24) is 9.78 Å². The lowest BCUT2D eigenvalue weighted by Gasteiger charge is -2.12. The Morgan fingerprint density at radius 3 is 2.50 bits per heavy atom. The molecule has 1 aromatic carbocycles. The van der Waals surface area contributed by atoms with Gasteiger partial charge in [0.1, 0.15) is 11.4 Å². The minimum atomic E-state index is -4.70. The van der Waals surface area contributed by atoms with Crippen LogP contribution >= 0.6 is 0 Å². The van der Waals surface area contributed by atoms with Gasteiger partial charge in [0.2, 0.25) is 0 Å². The van der Waals surface area contributed by atoms with Crippen LogP contribution in [0, 0.1) is 6.92 Å². The van der Waals surface area contributed by atoms with Crippen molar-refractivity contribution in [3.8, 4) is 5.75 Å². The fraction of sp³-hybridized carbons (Fsp3) is 0.286. The molecule has 0 fully saturated rings. The number of rotatable bonds is 4. The Morgan fingerprint density at radius 2 is 1.96 bits per heavy atom. The highest BCUT2D eigenvalue weighted by molar-refractivity contribution is 6.04. The van der Waals surface area contributed by atoms with E-state index in [1.165, 1.54) is 18.2 Å². The molecule has 0 aliphatic heterocycles. The normalized spacial score (nSPS) is 11.7. The highest BCUT2D eigenvalue weighted by atomic mass is 19.4. The van der Waals surface area contributed by atoms with Gasteiger partial charge in [-0.2, -0.15) is 27.1 Å². The number of hydrogen-bond acceptors (Lipinski definition) is 3. The second-order valence-corrected chi connectivity index (χ2v) is 4.87. The van der Waals surface area contributed by atoms with Crippen molar-refractivity contribution >= 4 is 11.6 Å². The second-order valence-electron chi connectivity index (χ2n) is 4.87. The van der Waals surface area contributed by atoms with Crippen LogP contribution in [0.2, 0.25) is 0 Å². The van der Waals surface area contributed by atoms with Crippen LogP contribution in [0.15, 0.2) is 24.3 Å². The Labute approximate surface area is 133 Å². The summed E-state index contributed by atoms with van der Waals surface area (Å²) >= 11 is 0. The largest absolute Gasteiger partial charge is 0.435 e. The zero-order valence-electron chi connectivity index (χ0n) is 12.5. The predicted molar refractivity (Wildman–Crippen MR) is 74.0 cm³/mol. The Hall–Kier alpha value is -2.65. The van der Waals surface area contributed by atoms with Gasteiger partial charge in [0.25, 0.3) is 5.91 Å². The van der Waals surface area contributed by atoms with Crippen molar-refractivity contribution in [2.75, 3.05) is 5.32 Å². The number of amides is 1. The number of carbonyl (C=O) groups is 1. The molecular formula is C14H12F5N3O2. The minimum absolute atomic E-state index is 0.0966. The molecule has 1 N–H and O–H groups in total. The first kappa shape index (κ1) is 17.7. The number of anilines is 1. The highest BCUT2D eigenvalue weighted by Gasteiger charge is 2.35. The van der Waals surface area contributed by atoms with E-state index in [1.54, 1.807) is 6.92 Å². The topological polar surface area (TPSA) is 56.2 Å². The molecule has 24 heavy (non-hydrogen) atoms. The number of aryl methyl sites for hydroxylation is 2.